The highest BCUT2D eigenvalue weighted by molar-refractivity contribution is 6.30. The van der Waals surface area contributed by atoms with E-state index in [-0.39, 0.29) is 29.5 Å². The van der Waals surface area contributed by atoms with Crippen molar-refractivity contribution in [2.75, 3.05) is 18.1 Å². The topological polar surface area (TPSA) is 78.0 Å². The lowest BCUT2D eigenvalue weighted by atomic mass is 9.77. The summed E-state index contributed by atoms with van der Waals surface area (Å²) in [4.78, 5) is 33.5. The summed E-state index contributed by atoms with van der Waals surface area (Å²) >= 11 is 6.06. The molecule has 2 aromatic rings. The van der Waals surface area contributed by atoms with E-state index in [1.54, 1.807) is 12.1 Å². The lowest BCUT2D eigenvalue weighted by Gasteiger charge is -2.35. The van der Waals surface area contributed by atoms with Gasteiger partial charge in [0.2, 0.25) is 0 Å². The summed E-state index contributed by atoms with van der Waals surface area (Å²) in [6.45, 7) is 4.96. The molecule has 3 aliphatic rings. The number of ketones is 1. The number of halogens is 1. The average Bonchev–Trinajstić information content (AvgIpc) is 3.16. The first kappa shape index (κ1) is 23.7. The third-order valence-corrected chi connectivity index (χ3v) is 6.99. The van der Waals surface area contributed by atoms with E-state index in [1.807, 2.05) is 32.0 Å². The summed E-state index contributed by atoms with van der Waals surface area (Å²) in [6.07, 6.45) is 5.64. The summed E-state index contributed by atoms with van der Waals surface area (Å²) in [5, 5.41) is 0.462. The number of anilines is 1. The largest absolute Gasteiger partial charge is 0.490 e. The monoisotopic (exact) mass is 496 g/mol. The van der Waals surface area contributed by atoms with Gasteiger partial charge in [0.25, 0.3) is 5.91 Å². The Morgan fingerprint density at radius 1 is 1.09 bits per heavy atom. The lowest BCUT2D eigenvalue weighted by Crippen LogP contribution is -2.39. The van der Waals surface area contributed by atoms with Gasteiger partial charge in [0.1, 0.15) is 11.9 Å². The van der Waals surface area contributed by atoms with Gasteiger partial charge in [0, 0.05) is 6.20 Å². The molecule has 2 aliphatic heterocycles. The molecule has 0 N–H and O–H groups in total. The number of rotatable bonds is 7. The van der Waals surface area contributed by atoms with E-state index < -0.39 is 6.04 Å². The van der Waals surface area contributed by atoms with Crippen molar-refractivity contribution >= 4 is 29.1 Å². The fourth-order valence-electron chi connectivity index (χ4n) is 5.20. The van der Waals surface area contributed by atoms with Crippen LogP contribution in [-0.2, 0) is 14.3 Å². The van der Waals surface area contributed by atoms with Crippen LogP contribution in [0.15, 0.2) is 47.9 Å². The molecule has 1 fully saturated rings. The predicted octanol–water partition coefficient (Wildman–Crippen LogP) is 5.42. The van der Waals surface area contributed by atoms with Crippen molar-refractivity contribution in [3.63, 3.8) is 0 Å². The van der Waals surface area contributed by atoms with Crippen molar-refractivity contribution in [2.24, 2.45) is 5.92 Å². The van der Waals surface area contributed by atoms with Crippen LogP contribution >= 0.6 is 11.6 Å². The van der Waals surface area contributed by atoms with Crippen LogP contribution < -0.4 is 14.4 Å². The molecule has 1 saturated carbocycles. The van der Waals surface area contributed by atoms with Gasteiger partial charge in [-0.3, -0.25) is 14.5 Å². The fourth-order valence-corrected chi connectivity index (χ4v) is 5.31. The number of fused-ring (bicyclic) bond motifs is 1. The molecule has 35 heavy (non-hydrogen) atoms. The number of benzene rings is 1. The normalized spacial score (nSPS) is 23.6. The molecule has 7 nitrogen and oxygen atoms in total. The van der Waals surface area contributed by atoms with Gasteiger partial charge in [0.15, 0.2) is 23.0 Å². The lowest BCUT2D eigenvalue weighted by molar-refractivity contribution is -0.131. The van der Waals surface area contributed by atoms with E-state index in [2.05, 4.69) is 4.98 Å². The van der Waals surface area contributed by atoms with Gasteiger partial charge >= 0.3 is 0 Å². The molecule has 1 amide bonds. The molecule has 0 bridgehead atoms. The van der Waals surface area contributed by atoms with Gasteiger partial charge < -0.3 is 14.2 Å². The summed E-state index contributed by atoms with van der Waals surface area (Å²) in [5.41, 5.74) is 1.14. The zero-order chi connectivity index (χ0) is 24.5. The molecule has 0 saturated heterocycles. The SMILES string of the molecule is CCCOc1ccc(C2C3=C(OC4CCCCC4C3=O)C(=O)N2c2ccc(Cl)cn2)cc1OCC. The summed E-state index contributed by atoms with van der Waals surface area (Å²) in [6, 6.07) is 8.26. The number of ether oxygens (including phenoxy) is 3. The molecule has 3 unspecified atom stereocenters. The van der Waals surface area contributed by atoms with Gasteiger partial charge in [-0.2, -0.15) is 0 Å². The second kappa shape index (κ2) is 9.90. The van der Waals surface area contributed by atoms with Crippen LogP contribution in [0.3, 0.4) is 0 Å². The maximum absolute atomic E-state index is 13.8. The molecule has 1 aromatic heterocycles. The Morgan fingerprint density at radius 3 is 2.66 bits per heavy atom. The molecule has 3 atom stereocenters. The molecule has 0 spiro atoms. The maximum atomic E-state index is 13.8. The Bertz CT molecular complexity index is 1160. The van der Waals surface area contributed by atoms with Gasteiger partial charge in [-0.25, -0.2) is 4.98 Å². The smallest absolute Gasteiger partial charge is 0.295 e. The Kier molecular flexibility index (Phi) is 6.69. The summed E-state index contributed by atoms with van der Waals surface area (Å²) in [7, 11) is 0. The van der Waals surface area contributed by atoms with E-state index >= 15 is 0 Å². The number of pyridine rings is 1. The van der Waals surface area contributed by atoms with Crippen molar-refractivity contribution in [3.05, 3.63) is 58.4 Å². The van der Waals surface area contributed by atoms with Crippen molar-refractivity contribution in [1.29, 1.82) is 0 Å². The first-order chi connectivity index (χ1) is 17.0. The Balaban J connectivity index is 1.63. The molecule has 3 heterocycles. The zero-order valence-corrected chi connectivity index (χ0v) is 20.7. The number of aromatic nitrogens is 1. The summed E-state index contributed by atoms with van der Waals surface area (Å²) in [5.74, 6) is 1.16. The minimum absolute atomic E-state index is 0.00460. The van der Waals surface area contributed by atoms with Crippen molar-refractivity contribution < 1.29 is 23.8 Å². The average molecular weight is 497 g/mol. The highest BCUT2D eigenvalue weighted by Crippen LogP contribution is 2.49. The fraction of sp³-hybridized carbons (Fsp3) is 0.444. The third-order valence-electron chi connectivity index (χ3n) is 6.77. The maximum Gasteiger partial charge on any atom is 0.295 e. The number of nitrogens with zero attached hydrogens (tertiary/aromatic N) is 2. The molecular formula is C27H29ClN2O5. The van der Waals surface area contributed by atoms with Gasteiger partial charge in [-0.1, -0.05) is 31.0 Å². The number of Topliss-reactive ketones (excluding diaryl/α,β-unsaturated/α-hetero) is 1. The highest BCUT2D eigenvalue weighted by atomic mass is 35.5. The molecule has 8 heteroatoms. The van der Waals surface area contributed by atoms with Crippen LogP contribution in [0.1, 0.15) is 57.6 Å². The van der Waals surface area contributed by atoms with Crippen molar-refractivity contribution in [1.82, 2.24) is 4.98 Å². The third kappa shape index (κ3) is 4.27. The number of hydrogen-bond acceptors (Lipinski definition) is 6. The van der Waals surface area contributed by atoms with Crippen LogP contribution in [0.25, 0.3) is 0 Å². The molecular weight excluding hydrogens is 468 g/mol. The Hall–Kier alpha value is -3.06. The number of hydrogen-bond donors (Lipinski definition) is 0. The highest BCUT2D eigenvalue weighted by Gasteiger charge is 2.52. The molecule has 1 aromatic carbocycles. The van der Waals surface area contributed by atoms with Gasteiger partial charge in [-0.15, -0.1) is 0 Å². The van der Waals surface area contributed by atoms with Crippen molar-refractivity contribution in [3.8, 4) is 11.5 Å². The first-order valence-corrected chi connectivity index (χ1v) is 12.7. The van der Waals surface area contributed by atoms with E-state index in [1.165, 1.54) is 11.1 Å². The minimum Gasteiger partial charge on any atom is -0.490 e. The quantitative estimate of drug-likeness (QED) is 0.509. The first-order valence-electron chi connectivity index (χ1n) is 12.3. The number of carbonyl (C=O) groups is 2. The van der Waals surface area contributed by atoms with Crippen LogP contribution in [-0.4, -0.2) is 36.0 Å². The van der Waals surface area contributed by atoms with Gasteiger partial charge in [-0.05, 0) is 62.4 Å². The van der Waals surface area contributed by atoms with E-state index in [0.29, 0.717) is 41.1 Å². The van der Waals surface area contributed by atoms with E-state index in [9.17, 15) is 9.59 Å². The molecule has 184 valence electrons. The predicted molar refractivity (Wildman–Crippen MR) is 132 cm³/mol. The van der Waals surface area contributed by atoms with Crippen LogP contribution in [0, 0.1) is 5.92 Å². The standard InChI is InChI=1S/C27H29ClN2O5/c1-3-13-34-20-11-9-16(14-21(20)33-4-2)24-23-25(31)18-7-5-6-8-19(18)35-26(23)27(32)30(24)22-12-10-17(28)15-29-22/h9-12,14-15,18-19,24H,3-8,13H2,1-2H3. The second-order valence-corrected chi connectivity index (χ2v) is 9.49. The van der Waals surface area contributed by atoms with Crippen LogP contribution in [0.2, 0.25) is 5.02 Å². The molecule has 1 aliphatic carbocycles. The van der Waals surface area contributed by atoms with E-state index in [4.69, 9.17) is 25.8 Å². The van der Waals surface area contributed by atoms with E-state index in [0.717, 1.165) is 37.7 Å². The number of amides is 1. The Morgan fingerprint density at radius 2 is 1.91 bits per heavy atom. The zero-order valence-electron chi connectivity index (χ0n) is 20.0. The van der Waals surface area contributed by atoms with Crippen LogP contribution in [0.5, 0.6) is 11.5 Å². The number of carbonyl (C=O) groups excluding carboxylic acids is 2. The minimum atomic E-state index is -0.680. The van der Waals surface area contributed by atoms with Gasteiger partial charge in [0.05, 0.1) is 35.8 Å². The summed E-state index contributed by atoms with van der Waals surface area (Å²) < 4.78 is 18.0. The molecule has 5 rings (SSSR count). The van der Waals surface area contributed by atoms with Crippen molar-refractivity contribution in [2.45, 2.75) is 58.1 Å². The Labute approximate surface area is 210 Å². The second-order valence-electron chi connectivity index (χ2n) is 9.05. The molecule has 0 radical (unpaired) electrons. The van der Waals surface area contributed by atoms with Crippen LogP contribution in [0.4, 0.5) is 5.82 Å².